The Balaban J connectivity index is 2.04. The summed E-state index contributed by atoms with van der Waals surface area (Å²) in [6.07, 6.45) is 4.37. The molecule has 0 bridgehead atoms. The molecule has 1 heterocycles. The minimum Gasteiger partial charge on any atom is -0.358 e. The van der Waals surface area contributed by atoms with E-state index in [-0.39, 0.29) is 5.82 Å². The highest BCUT2D eigenvalue weighted by atomic mass is 19.1. The third kappa shape index (κ3) is 1.84. The Morgan fingerprint density at radius 2 is 2.29 bits per heavy atom. The lowest BCUT2D eigenvalue weighted by Crippen LogP contribution is -2.17. The number of rotatable bonds is 2. The zero-order chi connectivity index (χ0) is 11.8. The highest BCUT2D eigenvalue weighted by Crippen LogP contribution is 2.33. The maximum absolute atomic E-state index is 13.3. The molecule has 0 radical (unpaired) electrons. The SMILES string of the molecule is NCC[C@H]1CCc2[nH]c3ccc(F)cc3c2C1. The van der Waals surface area contributed by atoms with Crippen molar-refractivity contribution in [2.24, 2.45) is 11.7 Å². The molecule has 3 rings (SSSR count). The molecule has 0 spiro atoms. The second kappa shape index (κ2) is 4.15. The number of H-pyrrole nitrogens is 1. The summed E-state index contributed by atoms with van der Waals surface area (Å²) in [6, 6.07) is 5.00. The van der Waals surface area contributed by atoms with Gasteiger partial charge in [0.25, 0.3) is 0 Å². The lowest BCUT2D eigenvalue weighted by molar-refractivity contribution is 0.432. The molecule has 0 unspecified atom stereocenters. The van der Waals surface area contributed by atoms with E-state index >= 15 is 0 Å². The largest absolute Gasteiger partial charge is 0.358 e. The van der Waals surface area contributed by atoms with Crippen molar-refractivity contribution < 1.29 is 4.39 Å². The first-order valence-electron chi connectivity index (χ1n) is 6.27. The van der Waals surface area contributed by atoms with Crippen molar-refractivity contribution in [3.05, 3.63) is 35.3 Å². The summed E-state index contributed by atoms with van der Waals surface area (Å²) in [5.74, 6) is 0.509. The molecule has 17 heavy (non-hydrogen) atoms. The van der Waals surface area contributed by atoms with Gasteiger partial charge >= 0.3 is 0 Å². The number of aryl methyl sites for hydroxylation is 1. The molecule has 2 nitrogen and oxygen atoms in total. The van der Waals surface area contributed by atoms with Gasteiger partial charge in [0, 0.05) is 16.6 Å². The monoisotopic (exact) mass is 232 g/mol. The Kier molecular flexibility index (Phi) is 2.63. The quantitative estimate of drug-likeness (QED) is 0.821. The molecular formula is C14H17FN2. The van der Waals surface area contributed by atoms with Crippen molar-refractivity contribution in [2.45, 2.75) is 25.7 Å². The molecule has 1 aliphatic rings. The third-order valence-corrected chi connectivity index (χ3v) is 3.83. The van der Waals surface area contributed by atoms with E-state index in [4.69, 9.17) is 5.73 Å². The van der Waals surface area contributed by atoms with Gasteiger partial charge in [0.2, 0.25) is 0 Å². The fraction of sp³-hybridized carbons (Fsp3) is 0.429. The second-order valence-corrected chi connectivity index (χ2v) is 4.96. The molecule has 1 aromatic carbocycles. The van der Waals surface area contributed by atoms with Gasteiger partial charge in [0.15, 0.2) is 0 Å². The fourth-order valence-corrected chi connectivity index (χ4v) is 2.94. The first-order chi connectivity index (χ1) is 8.28. The summed E-state index contributed by atoms with van der Waals surface area (Å²) in [6.45, 7) is 0.747. The molecule has 0 saturated heterocycles. The summed E-state index contributed by atoms with van der Waals surface area (Å²) in [5, 5.41) is 1.06. The van der Waals surface area contributed by atoms with Crippen LogP contribution < -0.4 is 5.73 Å². The van der Waals surface area contributed by atoms with Crippen LogP contribution in [0.3, 0.4) is 0 Å². The van der Waals surface area contributed by atoms with Gasteiger partial charge in [-0.05, 0) is 61.9 Å². The van der Waals surface area contributed by atoms with Crippen LogP contribution >= 0.6 is 0 Å². The molecule has 1 atom stereocenters. The van der Waals surface area contributed by atoms with E-state index in [0.717, 1.165) is 36.7 Å². The van der Waals surface area contributed by atoms with Gasteiger partial charge < -0.3 is 10.7 Å². The van der Waals surface area contributed by atoms with Crippen LogP contribution in [0.25, 0.3) is 10.9 Å². The van der Waals surface area contributed by atoms with E-state index in [1.165, 1.54) is 23.7 Å². The standard InChI is InChI=1S/C14H17FN2/c15-10-2-4-14-12(8-10)11-7-9(5-6-16)1-3-13(11)17-14/h2,4,8-9,17H,1,3,5-7,16H2/t9-/m1/s1. The highest BCUT2D eigenvalue weighted by Gasteiger charge is 2.22. The van der Waals surface area contributed by atoms with Crippen molar-refractivity contribution >= 4 is 10.9 Å². The molecule has 90 valence electrons. The van der Waals surface area contributed by atoms with E-state index in [0.29, 0.717) is 5.92 Å². The van der Waals surface area contributed by atoms with Crippen molar-refractivity contribution in [1.29, 1.82) is 0 Å². The third-order valence-electron chi connectivity index (χ3n) is 3.83. The van der Waals surface area contributed by atoms with E-state index in [2.05, 4.69) is 4.98 Å². The number of halogens is 1. The normalized spacial score (nSPS) is 19.5. The van der Waals surface area contributed by atoms with E-state index < -0.39 is 0 Å². The summed E-state index contributed by atoms with van der Waals surface area (Å²) < 4.78 is 13.3. The number of nitrogens with two attached hydrogens (primary N) is 1. The molecular weight excluding hydrogens is 215 g/mol. The Labute approximate surface area is 100 Å². The molecule has 1 aromatic heterocycles. The predicted octanol–water partition coefficient (Wildman–Crippen LogP) is 2.76. The van der Waals surface area contributed by atoms with Gasteiger partial charge in [-0.2, -0.15) is 0 Å². The molecule has 2 aromatic rings. The van der Waals surface area contributed by atoms with Gasteiger partial charge in [0.1, 0.15) is 5.82 Å². The molecule has 0 aliphatic heterocycles. The van der Waals surface area contributed by atoms with Crippen LogP contribution in [0.15, 0.2) is 18.2 Å². The number of hydrogen-bond acceptors (Lipinski definition) is 1. The predicted molar refractivity (Wildman–Crippen MR) is 67.4 cm³/mol. The molecule has 0 fully saturated rings. The number of nitrogens with one attached hydrogen (secondary N) is 1. The summed E-state index contributed by atoms with van der Waals surface area (Å²) in [5.41, 5.74) is 9.28. The summed E-state index contributed by atoms with van der Waals surface area (Å²) >= 11 is 0. The summed E-state index contributed by atoms with van der Waals surface area (Å²) in [7, 11) is 0. The maximum atomic E-state index is 13.3. The van der Waals surface area contributed by atoms with Crippen molar-refractivity contribution in [2.75, 3.05) is 6.54 Å². The number of aromatic nitrogens is 1. The van der Waals surface area contributed by atoms with Gasteiger partial charge in [-0.1, -0.05) is 0 Å². The number of fused-ring (bicyclic) bond motifs is 3. The van der Waals surface area contributed by atoms with Crippen LogP contribution in [-0.2, 0) is 12.8 Å². The zero-order valence-corrected chi connectivity index (χ0v) is 9.80. The topological polar surface area (TPSA) is 41.8 Å². The van der Waals surface area contributed by atoms with E-state index in [1.807, 2.05) is 6.07 Å². The minimum absolute atomic E-state index is 0.153. The molecule has 0 saturated carbocycles. The molecule has 3 N–H and O–H groups in total. The first-order valence-corrected chi connectivity index (χ1v) is 6.27. The lowest BCUT2D eigenvalue weighted by atomic mass is 9.84. The average Bonchev–Trinajstić information content (AvgIpc) is 2.67. The second-order valence-electron chi connectivity index (χ2n) is 4.96. The maximum Gasteiger partial charge on any atom is 0.123 e. The highest BCUT2D eigenvalue weighted by molar-refractivity contribution is 5.85. The average molecular weight is 232 g/mol. The van der Waals surface area contributed by atoms with Crippen molar-refractivity contribution in [3.8, 4) is 0 Å². The first kappa shape index (κ1) is 10.8. The van der Waals surface area contributed by atoms with Crippen LogP contribution in [0.1, 0.15) is 24.1 Å². The Morgan fingerprint density at radius 3 is 3.12 bits per heavy atom. The van der Waals surface area contributed by atoms with Crippen LogP contribution in [0.5, 0.6) is 0 Å². The Hall–Kier alpha value is -1.35. The van der Waals surface area contributed by atoms with Crippen molar-refractivity contribution in [1.82, 2.24) is 4.98 Å². The molecule has 3 heteroatoms. The van der Waals surface area contributed by atoms with Gasteiger partial charge in [-0.25, -0.2) is 4.39 Å². The minimum atomic E-state index is -0.153. The van der Waals surface area contributed by atoms with Gasteiger partial charge in [-0.15, -0.1) is 0 Å². The van der Waals surface area contributed by atoms with Crippen molar-refractivity contribution in [3.63, 3.8) is 0 Å². The van der Waals surface area contributed by atoms with Crippen LogP contribution in [0, 0.1) is 11.7 Å². The molecule has 0 amide bonds. The van der Waals surface area contributed by atoms with Crippen LogP contribution in [-0.4, -0.2) is 11.5 Å². The Bertz CT molecular complexity index is 544. The van der Waals surface area contributed by atoms with Crippen LogP contribution in [0.4, 0.5) is 4.39 Å². The summed E-state index contributed by atoms with van der Waals surface area (Å²) in [4.78, 5) is 3.41. The van der Waals surface area contributed by atoms with E-state index in [1.54, 1.807) is 6.07 Å². The smallest absolute Gasteiger partial charge is 0.123 e. The lowest BCUT2D eigenvalue weighted by Gasteiger charge is -2.21. The number of benzene rings is 1. The fourth-order valence-electron chi connectivity index (χ4n) is 2.94. The Morgan fingerprint density at radius 1 is 1.41 bits per heavy atom. The molecule has 1 aliphatic carbocycles. The zero-order valence-electron chi connectivity index (χ0n) is 9.80. The number of aromatic amines is 1. The van der Waals surface area contributed by atoms with Gasteiger partial charge in [0.05, 0.1) is 0 Å². The number of hydrogen-bond donors (Lipinski definition) is 2. The van der Waals surface area contributed by atoms with E-state index in [9.17, 15) is 4.39 Å². The van der Waals surface area contributed by atoms with Crippen LogP contribution in [0.2, 0.25) is 0 Å². The van der Waals surface area contributed by atoms with Gasteiger partial charge in [-0.3, -0.25) is 0 Å².